The van der Waals surface area contributed by atoms with Gasteiger partial charge >= 0.3 is 0 Å². The van der Waals surface area contributed by atoms with Crippen LogP contribution in [0.3, 0.4) is 0 Å². The molecule has 0 aromatic carbocycles. The van der Waals surface area contributed by atoms with E-state index in [1.165, 1.54) is 38.6 Å². The first-order valence-corrected chi connectivity index (χ1v) is 7.19. The summed E-state index contributed by atoms with van der Waals surface area (Å²) in [5.74, 6) is 1.03. The standard InChI is InChI=1S/C14H28N2/c1-4-15-13-7-8-14(9-13)16(11(2)3)10-12-5-6-12/h11-15H,4-10H2,1-3H3. The number of hydrogen-bond acceptors (Lipinski definition) is 2. The van der Waals surface area contributed by atoms with Crippen LogP contribution in [0.4, 0.5) is 0 Å². The van der Waals surface area contributed by atoms with Gasteiger partial charge in [-0.05, 0) is 58.4 Å². The Kier molecular flexibility index (Phi) is 4.26. The zero-order chi connectivity index (χ0) is 11.5. The summed E-state index contributed by atoms with van der Waals surface area (Å²) < 4.78 is 0. The Bertz CT molecular complexity index is 211. The Labute approximate surface area is 101 Å². The number of rotatable bonds is 6. The van der Waals surface area contributed by atoms with Gasteiger partial charge in [-0.1, -0.05) is 6.92 Å². The molecule has 0 bridgehead atoms. The fraction of sp³-hybridized carbons (Fsp3) is 1.00. The van der Waals surface area contributed by atoms with Crippen LogP contribution in [-0.4, -0.2) is 36.1 Å². The number of hydrogen-bond donors (Lipinski definition) is 1. The maximum Gasteiger partial charge on any atom is 0.0113 e. The quantitative estimate of drug-likeness (QED) is 0.746. The van der Waals surface area contributed by atoms with Crippen LogP contribution in [-0.2, 0) is 0 Å². The van der Waals surface area contributed by atoms with E-state index in [4.69, 9.17) is 0 Å². The lowest BCUT2D eigenvalue weighted by Crippen LogP contribution is -2.41. The second kappa shape index (κ2) is 5.50. The first-order valence-electron chi connectivity index (χ1n) is 7.19. The van der Waals surface area contributed by atoms with E-state index < -0.39 is 0 Å². The lowest BCUT2D eigenvalue weighted by molar-refractivity contribution is 0.146. The Balaban J connectivity index is 1.83. The maximum atomic E-state index is 3.61. The van der Waals surface area contributed by atoms with E-state index >= 15 is 0 Å². The molecule has 2 saturated carbocycles. The van der Waals surface area contributed by atoms with E-state index in [0.717, 1.165) is 30.6 Å². The van der Waals surface area contributed by atoms with E-state index in [9.17, 15) is 0 Å². The molecule has 0 amide bonds. The van der Waals surface area contributed by atoms with Gasteiger partial charge in [0.15, 0.2) is 0 Å². The fourth-order valence-corrected chi connectivity index (χ4v) is 3.11. The van der Waals surface area contributed by atoms with Crippen molar-refractivity contribution in [2.24, 2.45) is 5.92 Å². The maximum absolute atomic E-state index is 3.61. The molecule has 0 spiro atoms. The predicted molar refractivity (Wildman–Crippen MR) is 69.7 cm³/mol. The third kappa shape index (κ3) is 3.21. The summed E-state index contributed by atoms with van der Waals surface area (Å²) in [5, 5.41) is 3.61. The van der Waals surface area contributed by atoms with Gasteiger partial charge in [0.25, 0.3) is 0 Å². The van der Waals surface area contributed by atoms with Gasteiger partial charge in [0.2, 0.25) is 0 Å². The Morgan fingerprint density at radius 1 is 1.19 bits per heavy atom. The topological polar surface area (TPSA) is 15.3 Å². The zero-order valence-electron chi connectivity index (χ0n) is 11.2. The SMILES string of the molecule is CCNC1CCC(N(CC2CC2)C(C)C)C1. The van der Waals surface area contributed by atoms with Crippen LogP contribution in [0, 0.1) is 5.92 Å². The summed E-state index contributed by atoms with van der Waals surface area (Å²) in [6, 6.07) is 2.37. The monoisotopic (exact) mass is 224 g/mol. The molecule has 1 N–H and O–H groups in total. The molecule has 16 heavy (non-hydrogen) atoms. The van der Waals surface area contributed by atoms with Crippen molar-refractivity contribution in [2.45, 2.75) is 71.0 Å². The van der Waals surface area contributed by atoms with Gasteiger partial charge in [-0.25, -0.2) is 0 Å². The molecule has 0 radical (unpaired) electrons. The third-order valence-corrected chi connectivity index (χ3v) is 4.20. The Hall–Kier alpha value is -0.0800. The highest BCUT2D eigenvalue weighted by molar-refractivity contribution is 4.90. The molecule has 0 heterocycles. The highest BCUT2D eigenvalue weighted by Crippen LogP contribution is 2.34. The molecule has 2 heteroatoms. The Morgan fingerprint density at radius 3 is 2.50 bits per heavy atom. The summed E-state index contributed by atoms with van der Waals surface area (Å²) >= 11 is 0. The first kappa shape index (κ1) is 12.4. The van der Waals surface area contributed by atoms with Crippen molar-refractivity contribution >= 4 is 0 Å². The summed E-state index contributed by atoms with van der Waals surface area (Å²) in [6.45, 7) is 9.44. The molecule has 0 aliphatic heterocycles. The van der Waals surface area contributed by atoms with Crippen molar-refractivity contribution in [3.05, 3.63) is 0 Å². The minimum atomic E-state index is 0.728. The molecule has 2 rings (SSSR count). The second-order valence-electron chi connectivity index (χ2n) is 5.96. The Morgan fingerprint density at radius 2 is 1.94 bits per heavy atom. The van der Waals surface area contributed by atoms with Crippen LogP contribution in [0.25, 0.3) is 0 Å². The van der Waals surface area contributed by atoms with Gasteiger partial charge in [-0.2, -0.15) is 0 Å². The zero-order valence-corrected chi connectivity index (χ0v) is 11.2. The molecule has 2 nitrogen and oxygen atoms in total. The van der Waals surface area contributed by atoms with Crippen LogP contribution in [0.15, 0.2) is 0 Å². The van der Waals surface area contributed by atoms with Gasteiger partial charge in [0.05, 0.1) is 0 Å². The average Bonchev–Trinajstić information content (AvgIpc) is 2.95. The van der Waals surface area contributed by atoms with Gasteiger partial charge in [-0.15, -0.1) is 0 Å². The average molecular weight is 224 g/mol. The molecular formula is C14H28N2. The highest BCUT2D eigenvalue weighted by Gasteiger charge is 2.33. The minimum Gasteiger partial charge on any atom is -0.314 e. The second-order valence-corrected chi connectivity index (χ2v) is 5.96. The first-order chi connectivity index (χ1) is 7.70. The van der Waals surface area contributed by atoms with Gasteiger partial charge in [0, 0.05) is 24.7 Å². The molecule has 2 atom stereocenters. The molecule has 2 aliphatic carbocycles. The van der Waals surface area contributed by atoms with Crippen molar-refractivity contribution in [3.63, 3.8) is 0 Å². The number of nitrogens with zero attached hydrogens (tertiary/aromatic N) is 1. The molecule has 2 aliphatic rings. The van der Waals surface area contributed by atoms with Crippen molar-refractivity contribution in [1.82, 2.24) is 10.2 Å². The number of nitrogens with one attached hydrogen (secondary N) is 1. The molecule has 2 unspecified atom stereocenters. The predicted octanol–water partition coefficient (Wildman–Crippen LogP) is 2.64. The van der Waals surface area contributed by atoms with Crippen molar-refractivity contribution < 1.29 is 0 Å². The van der Waals surface area contributed by atoms with E-state index in [2.05, 4.69) is 31.0 Å². The largest absolute Gasteiger partial charge is 0.314 e. The molecule has 94 valence electrons. The van der Waals surface area contributed by atoms with Crippen LogP contribution in [0.2, 0.25) is 0 Å². The lowest BCUT2D eigenvalue weighted by atomic mass is 10.1. The normalized spacial score (nSPS) is 30.6. The van der Waals surface area contributed by atoms with E-state index in [1.807, 2.05) is 0 Å². The molecule has 0 saturated heterocycles. The van der Waals surface area contributed by atoms with E-state index in [-0.39, 0.29) is 0 Å². The van der Waals surface area contributed by atoms with Crippen LogP contribution >= 0.6 is 0 Å². The lowest BCUT2D eigenvalue weighted by Gasteiger charge is -2.33. The third-order valence-electron chi connectivity index (χ3n) is 4.20. The smallest absolute Gasteiger partial charge is 0.0113 e. The van der Waals surface area contributed by atoms with E-state index in [0.29, 0.717) is 0 Å². The molecule has 2 fully saturated rings. The molecular weight excluding hydrogens is 196 g/mol. The van der Waals surface area contributed by atoms with Crippen molar-refractivity contribution in [1.29, 1.82) is 0 Å². The summed E-state index contributed by atoms with van der Waals surface area (Å²) in [5.41, 5.74) is 0. The molecule has 0 aromatic rings. The summed E-state index contributed by atoms with van der Waals surface area (Å²) in [7, 11) is 0. The van der Waals surface area contributed by atoms with Gasteiger partial charge < -0.3 is 5.32 Å². The van der Waals surface area contributed by atoms with Gasteiger partial charge in [-0.3, -0.25) is 4.90 Å². The molecule has 0 aromatic heterocycles. The van der Waals surface area contributed by atoms with Crippen LogP contribution < -0.4 is 5.32 Å². The summed E-state index contributed by atoms with van der Waals surface area (Å²) in [4.78, 5) is 2.77. The fourth-order valence-electron chi connectivity index (χ4n) is 3.11. The highest BCUT2D eigenvalue weighted by atomic mass is 15.2. The summed E-state index contributed by atoms with van der Waals surface area (Å²) in [6.07, 6.45) is 7.12. The van der Waals surface area contributed by atoms with Crippen molar-refractivity contribution in [2.75, 3.05) is 13.1 Å². The van der Waals surface area contributed by atoms with Crippen LogP contribution in [0.5, 0.6) is 0 Å². The van der Waals surface area contributed by atoms with Gasteiger partial charge in [0.1, 0.15) is 0 Å². The van der Waals surface area contributed by atoms with Crippen molar-refractivity contribution in [3.8, 4) is 0 Å². The van der Waals surface area contributed by atoms with Crippen LogP contribution in [0.1, 0.15) is 52.9 Å². The minimum absolute atomic E-state index is 0.728. The van der Waals surface area contributed by atoms with E-state index in [1.54, 1.807) is 0 Å².